The fraction of sp³-hybridized carbons (Fsp3) is 0. The van der Waals surface area contributed by atoms with Crippen molar-refractivity contribution in [3.05, 3.63) is 29.4 Å². The summed E-state index contributed by atoms with van der Waals surface area (Å²) in [4.78, 5) is 2.88. The van der Waals surface area contributed by atoms with Gasteiger partial charge in [0.25, 0.3) is 9.05 Å². The summed E-state index contributed by atoms with van der Waals surface area (Å²) in [5.74, 6) is 0. The maximum Gasteiger partial charge on any atom is 0.262 e. The Kier molecular flexibility index (Phi) is 2.21. The predicted octanol–water partition coefficient (Wildman–Crippen LogP) is 2.75. The molecule has 1 heterocycles. The molecule has 0 saturated carbocycles. The lowest BCUT2D eigenvalue weighted by Crippen LogP contribution is -1.90. The van der Waals surface area contributed by atoms with E-state index in [1.54, 1.807) is 12.1 Å². The Bertz CT molecular complexity index is 588. The van der Waals surface area contributed by atoms with Crippen LogP contribution < -0.4 is 0 Å². The summed E-state index contributed by atoms with van der Waals surface area (Å²) in [7, 11) is 1.51. The zero-order valence-corrected chi connectivity index (χ0v) is 9.12. The molecule has 1 N–H and O–H groups in total. The molecule has 0 saturated heterocycles. The first-order valence-corrected chi connectivity index (χ1v) is 6.39. The highest BCUT2D eigenvalue weighted by molar-refractivity contribution is 8.14. The largest absolute Gasteiger partial charge is 0.360 e. The lowest BCUT2D eigenvalue weighted by molar-refractivity contribution is 0.610. The number of aromatic amines is 1. The van der Waals surface area contributed by atoms with Gasteiger partial charge in [0.05, 0.1) is 9.92 Å². The molecule has 3 nitrogen and oxygen atoms in total. The minimum Gasteiger partial charge on any atom is -0.360 e. The molecule has 74 valence electrons. The van der Waals surface area contributed by atoms with Crippen LogP contribution >= 0.6 is 22.3 Å². The minimum absolute atomic E-state index is 0.0305. The standard InChI is InChI=1S/C8H5Cl2NO2S/c9-5-4-11-6-2-1-3-7(8(5)6)14(10,12)13/h1-4,11H. The van der Waals surface area contributed by atoms with Crippen molar-refractivity contribution >= 4 is 42.2 Å². The summed E-state index contributed by atoms with van der Waals surface area (Å²) in [6.45, 7) is 0. The Morgan fingerprint density at radius 1 is 1.29 bits per heavy atom. The van der Waals surface area contributed by atoms with Crippen LogP contribution in [0.5, 0.6) is 0 Å². The third-order valence-corrected chi connectivity index (χ3v) is 3.54. The molecule has 0 atom stereocenters. The normalized spacial score (nSPS) is 12.1. The molecule has 0 unspecified atom stereocenters. The first-order chi connectivity index (χ1) is 6.50. The predicted molar refractivity (Wildman–Crippen MR) is 56.3 cm³/mol. The van der Waals surface area contributed by atoms with Crippen LogP contribution in [0.15, 0.2) is 29.3 Å². The molecule has 1 aromatic carbocycles. The molecule has 6 heteroatoms. The van der Waals surface area contributed by atoms with E-state index >= 15 is 0 Å². The monoisotopic (exact) mass is 249 g/mol. The van der Waals surface area contributed by atoms with Gasteiger partial charge in [-0.25, -0.2) is 8.42 Å². The molecular formula is C8H5Cl2NO2S. The third kappa shape index (κ3) is 1.49. The Morgan fingerprint density at radius 3 is 2.64 bits per heavy atom. The number of H-pyrrole nitrogens is 1. The van der Waals surface area contributed by atoms with E-state index in [1.165, 1.54) is 12.3 Å². The van der Waals surface area contributed by atoms with Gasteiger partial charge in [0.15, 0.2) is 0 Å². The van der Waals surface area contributed by atoms with E-state index in [0.717, 1.165) is 0 Å². The van der Waals surface area contributed by atoms with Gasteiger partial charge in [-0.05, 0) is 12.1 Å². The molecule has 0 aliphatic carbocycles. The van der Waals surface area contributed by atoms with Crippen LogP contribution in [0.2, 0.25) is 5.02 Å². The van der Waals surface area contributed by atoms with Crippen molar-refractivity contribution in [2.24, 2.45) is 0 Å². The molecule has 0 fully saturated rings. The number of fused-ring (bicyclic) bond motifs is 1. The van der Waals surface area contributed by atoms with Gasteiger partial charge < -0.3 is 4.98 Å². The van der Waals surface area contributed by atoms with Gasteiger partial charge >= 0.3 is 0 Å². The molecule has 14 heavy (non-hydrogen) atoms. The summed E-state index contributed by atoms with van der Waals surface area (Å²) in [5, 5.41) is 0.781. The molecule has 1 aromatic heterocycles. The maximum absolute atomic E-state index is 11.2. The van der Waals surface area contributed by atoms with E-state index in [-0.39, 0.29) is 4.90 Å². The second-order valence-electron chi connectivity index (χ2n) is 2.75. The zero-order chi connectivity index (χ0) is 10.3. The number of halogens is 2. The molecule has 2 rings (SSSR count). The lowest BCUT2D eigenvalue weighted by Gasteiger charge is -1.98. The van der Waals surface area contributed by atoms with Crippen LogP contribution in [-0.4, -0.2) is 13.4 Å². The molecule has 0 aliphatic heterocycles. The zero-order valence-electron chi connectivity index (χ0n) is 6.79. The van der Waals surface area contributed by atoms with E-state index in [4.69, 9.17) is 22.3 Å². The van der Waals surface area contributed by atoms with E-state index in [9.17, 15) is 8.42 Å². The van der Waals surface area contributed by atoms with Gasteiger partial charge in [-0.2, -0.15) is 0 Å². The van der Waals surface area contributed by atoms with Crippen LogP contribution in [0.1, 0.15) is 0 Å². The van der Waals surface area contributed by atoms with E-state index in [0.29, 0.717) is 15.9 Å². The average molecular weight is 250 g/mol. The van der Waals surface area contributed by atoms with Gasteiger partial charge in [-0.1, -0.05) is 17.7 Å². The van der Waals surface area contributed by atoms with Crippen molar-refractivity contribution in [2.45, 2.75) is 4.90 Å². The van der Waals surface area contributed by atoms with Crippen LogP contribution in [0.25, 0.3) is 10.9 Å². The Hall–Kier alpha value is -0.710. The fourth-order valence-electron chi connectivity index (χ4n) is 1.31. The second-order valence-corrected chi connectivity index (χ2v) is 5.69. The highest BCUT2D eigenvalue weighted by atomic mass is 35.7. The minimum atomic E-state index is -3.75. The van der Waals surface area contributed by atoms with Crippen LogP contribution in [0.4, 0.5) is 0 Å². The Balaban J connectivity index is 2.96. The van der Waals surface area contributed by atoms with Gasteiger partial charge in [0.1, 0.15) is 0 Å². The van der Waals surface area contributed by atoms with Gasteiger partial charge in [-0.3, -0.25) is 0 Å². The topological polar surface area (TPSA) is 49.9 Å². The van der Waals surface area contributed by atoms with Gasteiger partial charge in [0, 0.05) is 27.8 Å². The lowest BCUT2D eigenvalue weighted by atomic mass is 10.2. The molecule has 0 bridgehead atoms. The number of aromatic nitrogens is 1. The number of hydrogen-bond donors (Lipinski definition) is 1. The van der Waals surface area contributed by atoms with Crippen molar-refractivity contribution in [3.8, 4) is 0 Å². The highest BCUT2D eigenvalue weighted by Gasteiger charge is 2.16. The number of rotatable bonds is 1. The summed E-state index contributed by atoms with van der Waals surface area (Å²) in [6, 6.07) is 4.75. The molecule has 2 aromatic rings. The summed E-state index contributed by atoms with van der Waals surface area (Å²) >= 11 is 5.83. The second kappa shape index (κ2) is 3.15. The van der Waals surface area contributed by atoms with E-state index < -0.39 is 9.05 Å². The van der Waals surface area contributed by atoms with Gasteiger partial charge in [0.2, 0.25) is 0 Å². The van der Waals surface area contributed by atoms with Gasteiger partial charge in [-0.15, -0.1) is 0 Å². The molecular weight excluding hydrogens is 245 g/mol. The maximum atomic E-state index is 11.2. The summed E-state index contributed by atoms with van der Waals surface area (Å²) in [5.41, 5.74) is 0.650. The number of nitrogens with one attached hydrogen (secondary N) is 1. The molecule has 0 amide bonds. The van der Waals surface area contributed by atoms with Crippen LogP contribution in [0.3, 0.4) is 0 Å². The summed E-state index contributed by atoms with van der Waals surface area (Å²) in [6.07, 6.45) is 1.53. The molecule has 0 radical (unpaired) electrons. The fourth-order valence-corrected chi connectivity index (χ4v) is 2.72. The molecule has 0 aliphatic rings. The summed E-state index contributed by atoms with van der Waals surface area (Å²) < 4.78 is 22.4. The Morgan fingerprint density at radius 2 is 2.00 bits per heavy atom. The van der Waals surface area contributed by atoms with E-state index in [1.807, 2.05) is 0 Å². The Labute approximate surface area is 90.1 Å². The highest BCUT2D eigenvalue weighted by Crippen LogP contribution is 2.31. The number of benzene rings is 1. The van der Waals surface area contributed by atoms with Crippen molar-refractivity contribution in [1.29, 1.82) is 0 Å². The van der Waals surface area contributed by atoms with Crippen molar-refractivity contribution in [1.82, 2.24) is 4.98 Å². The number of hydrogen-bond acceptors (Lipinski definition) is 2. The van der Waals surface area contributed by atoms with E-state index in [2.05, 4.69) is 4.98 Å². The SMILES string of the molecule is O=S(=O)(Cl)c1cccc2[nH]cc(Cl)c12. The van der Waals surface area contributed by atoms with Crippen molar-refractivity contribution < 1.29 is 8.42 Å². The quantitative estimate of drug-likeness (QED) is 0.791. The third-order valence-electron chi connectivity index (χ3n) is 1.88. The first kappa shape index (κ1) is 9.83. The van der Waals surface area contributed by atoms with Crippen molar-refractivity contribution in [2.75, 3.05) is 0 Å². The first-order valence-electron chi connectivity index (χ1n) is 3.70. The molecule has 0 spiro atoms. The van der Waals surface area contributed by atoms with Crippen LogP contribution in [-0.2, 0) is 9.05 Å². The van der Waals surface area contributed by atoms with Crippen LogP contribution in [0, 0.1) is 0 Å². The van der Waals surface area contributed by atoms with Crippen molar-refractivity contribution in [3.63, 3.8) is 0 Å². The smallest absolute Gasteiger partial charge is 0.262 e. The average Bonchev–Trinajstić information content (AvgIpc) is 2.46.